The molecule has 0 aliphatic heterocycles. The number of benzene rings is 3. The summed E-state index contributed by atoms with van der Waals surface area (Å²) in [6.07, 6.45) is 7.60. The first-order valence-corrected chi connectivity index (χ1v) is 14.1. The van der Waals surface area contributed by atoms with Crippen molar-refractivity contribution in [3.05, 3.63) is 94.0 Å². The zero-order valence-corrected chi connectivity index (χ0v) is 22.2. The normalized spacial score (nSPS) is 18.8. The van der Waals surface area contributed by atoms with Crippen molar-refractivity contribution in [2.24, 2.45) is 5.92 Å². The van der Waals surface area contributed by atoms with E-state index in [1.807, 2.05) is 37.3 Å². The maximum absolute atomic E-state index is 13.5. The molecule has 0 amide bonds. The van der Waals surface area contributed by atoms with Gasteiger partial charge in [-0.3, -0.25) is 9.59 Å². The zero-order chi connectivity index (χ0) is 25.9. The van der Waals surface area contributed by atoms with E-state index in [1.54, 1.807) is 24.3 Å². The molecule has 0 heterocycles. The fourth-order valence-corrected chi connectivity index (χ4v) is 6.34. The monoisotopic (exact) mass is 512 g/mol. The molecule has 0 bridgehead atoms. The Balaban J connectivity index is 1.33. The second-order valence-corrected chi connectivity index (χ2v) is 11.3. The van der Waals surface area contributed by atoms with Crippen LogP contribution < -0.4 is 0 Å². The number of carbonyl (C=O) groups is 3. The molecule has 0 saturated heterocycles. The summed E-state index contributed by atoms with van der Waals surface area (Å²) in [5, 5.41) is 0. The lowest BCUT2D eigenvalue weighted by atomic mass is 9.83. The number of hydrogen-bond donors (Lipinski definition) is 0. The first-order chi connectivity index (χ1) is 17.9. The van der Waals surface area contributed by atoms with Crippen molar-refractivity contribution in [3.63, 3.8) is 0 Å². The van der Waals surface area contributed by atoms with Crippen LogP contribution in [0.5, 0.6) is 0 Å². The van der Waals surface area contributed by atoms with E-state index in [1.165, 1.54) is 37.1 Å². The van der Waals surface area contributed by atoms with Crippen molar-refractivity contribution in [2.45, 2.75) is 74.7 Å². The van der Waals surface area contributed by atoms with Crippen LogP contribution in [0.2, 0.25) is 0 Å². The molecule has 0 unspecified atom stereocenters. The van der Waals surface area contributed by atoms with E-state index >= 15 is 0 Å². The van der Waals surface area contributed by atoms with E-state index in [-0.39, 0.29) is 23.2 Å². The highest BCUT2D eigenvalue weighted by Crippen LogP contribution is 2.38. The van der Waals surface area contributed by atoms with Gasteiger partial charge < -0.3 is 4.74 Å². The fraction of sp³-hybridized carbons (Fsp3) is 0.344. The third-order valence-corrected chi connectivity index (χ3v) is 8.59. The lowest BCUT2D eigenvalue weighted by molar-refractivity contribution is 0.0161. The SMILES string of the molecule is CCCCC1CCC(OC(=O)c2ccc3c(c2)C(=O)c2cccc(Sc4ccc(C)cc4)c2C3=O)CC1. The minimum atomic E-state index is -0.422. The molecule has 0 radical (unpaired) electrons. The summed E-state index contributed by atoms with van der Waals surface area (Å²) in [5.74, 6) is -0.113. The highest BCUT2D eigenvalue weighted by atomic mass is 32.2. The standard InChI is InChI=1S/C32H32O4S/c1-3-4-6-21-11-14-23(15-12-21)36-32(35)22-13-18-25-27(19-22)30(33)26-7-5-8-28(29(26)31(25)34)37-24-16-9-20(2)10-17-24/h5,7-10,13,16-19,21,23H,3-4,6,11-12,14-15H2,1-2H3. The fourth-order valence-electron chi connectivity index (χ4n) is 5.36. The number of carbonyl (C=O) groups excluding carboxylic acids is 3. The molecule has 5 heteroatoms. The zero-order valence-electron chi connectivity index (χ0n) is 21.4. The van der Waals surface area contributed by atoms with Crippen LogP contribution in [0.1, 0.15) is 99.6 Å². The van der Waals surface area contributed by atoms with Crippen molar-refractivity contribution in [2.75, 3.05) is 0 Å². The van der Waals surface area contributed by atoms with Gasteiger partial charge in [0, 0.05) is 32.0 Å². The predicted molar refractivity (Wildman–Crippen MR) is 146 cm³/mol. The average Bonchev–Trinajstić information content (AvgIpc) is 2.92. The Hall–Kier alpha value is -3.18. The number of esters is 1. The highest BCUT2D eigenvalue weighted by molar-refractivity contribution is 7.99. The minimum Gasteiger partial charge on any atom is -0.459 e. The Morgan fingerprint density at radius 2 is 1.65 bits per heavy atom. The van der Waals surface area contributed by atoms with E-state index in [0.717, 1.165) is 47.0 Å². The summed E-state index contributed by atoms with van der Waals surface area (Å²) in [7, 11) is 0. The molecule has 0 atom stereocenters. The van der Waals surface area contributed by atoms with Gasteiger partial charge in [-0.1, -0.05) is 67.8 Å². The first-order valence-electron chi connectivity index (χ1n) is 13.3. The molecule has 37 heavy (non-hydrogen) atoms. The summed E-state index contributed by atoms with van der Waals surface area (Å²) in [6, 6.07) is 18.2. The van der Waals surface area contributed by atoms with E-state index < -0.39 is 5.97 Å². The van der Waals surface area contributed by atoms with Crippen LogP contribution in [0.3, 0.4) is 0 Å². The molecule has 0 aromatic heterocycles. The van der Waals surface area contributed by atoms with Crippen LogP contribution in [0.25, 0.3) is 0 Å². The van der Waals surface area contributed by atoms with Crippen LogP contribution in [0, 0.1) is 12.8 Å². The van der Waals surface area contributed by atoms with Gasteiger partial charge in [0.15, 0.2) is 11.6 Å². The van der Waals surface area contributed by atoms with Gasteiger partial charge in [0.2, 0.25) is 0 Å². The molecule has 1 fully saturated rings. The maximum Gasteiger partial charge on any atom is 0.338 e. The van der Waals surface area contributed by atoms with Gasteiger partial charge in [0.05, 0.1) is 5.56 Å². The van der Waals surface area contributed by atoms with Gasteiger partial charge in [0.1, 0.15) is 6.10 Å². The van der Waals surface area contributed by atoms with Gasteiger partial charge in [-0.2, -0.15) is 0 Å². The van der Waals surface area contributed by atoms with Crippen molar-refractivity contribution in [1.82, 2.24) is 0 Å². The van der Waals surface area contributed by atoms with Gasteiger partial charge in [-0.25, -0.2) is 4.79 Å². The molecule has 5 rings (SSSR count). The molecular formula is C32H32O4S. The average molecular weight is 513 g/mol. The summed E-state index contributed by atoms with van der Waals surface area (Å²) in [6.45, 7) is 4.24. The van der Waals surface area contributed by atoms with E-state index in [4.69, 9.17) is 4.74 Å². The Bertz CT molecular complexity index is 1330. The van der Waals surface area contributed by atoms with Crippen molar-refractivity contribution in [1.29, 1.82) is 0 Å². The van der Waals surface area contributed by atoms with Crippen molar-refractivity contribution < 1.29 is 19.1 Å². The molecule has 0 N–H and O–H groups in total. The van der Waals surface area contributed by atoms with E-state index in [9.17, 15) is 14.4 Å². The Kier molecular flexibility index (Phi) is 7.61. The Morgan fingerprint density at radius 1 is 0.892 bits per heavy atom. The molecule has 2 aliphatic carbocycles. The predicted octanol–water partition coefficient (Wildman–Crippen LogP) is 7.83. The minimum absolute atomic E-state index is 0.0826. The molecule has 4 nitrogen and oxygen atoms in total. The van der Waals surface area contributed by atoms with Crippen molar-refractivity contribution in [3.8, 4) is 0 Å². The summed E-state index contributed by atoms with van der Waals surface area (Å²) in [5.41, 5.74) is 2.90. The number of ketones is 2. The summed E-state index contributed by atoms with van der Waals surface area (Å²) < 4.78 is 5.81. The second kappa shape index (κ2) is 11.1. The Morgan fingerprint density at radius 3 is 2.38 bits per heavy atom. The molecule has 190 valence electrons. The van der Waals surface area contributed by atoms with Gasteiger partial charge >= 0.3 is 5.97 Å². The molecule has 0 spiro atoms. The highest BCUT2D eigenvalue weighted by Gasteiger charge is 2.33. The molecule has 2 aliphatic rings. The number of aryl methyl sites for hydroxylation is 1. The van der Waals surface area contributed by atoms with E-state index in [0.29, 0.717) is 22.3 Å². The second-order valence-electron chi connectivity index (χ2n) is 10.2. The van der Waals surface area contributed by atoms with Crippen LogP contribution in [-0.4, -0.2) is 23.6 Å². The van der Waals surface area contributed by atoms with Crippen LogP contribution in [0.15, 0.2) is 70.5 Å². The molecule has 1 saturated carbocycles. The van der Waals surface area contributed by atoms with E-state index in [2.05, 4.69) is 6.92 Å². The molecule has 3 aromatic rings. The van der Waals surface area contributed by atoms with Gasteiger partial charge in [-0.15, -0.1) is 0 Å². The summed E-state index contributed by atoms with van der Waals surface area (Å²) >= 11 is 1.48. The summed E-state index contributed by atoms with van der Waals surface area (Å²) in [4.78, 5) is 41.7. The quantitative estimate of drug-likeness (QED) is 0.236. The molecule has 3 aromatic carbocycles. The van der Waals surface area contributed by atoms with Crippen LogP contribution in [-0.2, 0) is 4.74 Å². The maximum atomic E-state index is 13.5. The lowest BCUT2D eigenvalue weighted by Crippen LogP contribution is -2.25. The van der Waals surface area contributed by atoms with Gasteiger partial charge in [0.25, 0.3) is 0 Å². The largest absolute Gasteiger partial charge is 0.459 e. The smallest absolute Gasteiger partial charge is 0.338 e. The first kappa shape index (κ1) is 25.5. The topological polar surface area (TPSA) is 60.4 Å². The number of rotatable bonds is 7. The number of ether oxygens (including phenoxy) is 1. The Labute approximate surface area is 222 Å². The lowest BCUT2D eigenvalue weighted by Gasteiger charge is -2.28. The van der Waals surface area contributed by atoms with Crippen LogP contribution >= 0.6 is 11.8 Å². The van der Waals surface area contributed by atoms with Crippen molar-refractivity contribution >= 4 is 29.3 Å². The van der Waals surface area contributed by atoms with Crippen LogP contribution in [0.4, 0.5) is 0 Å². The number of fused-ring (bicyclic) bond motifs is 2. The third-order valence-electron chi connectivity index (χ3n) is 7.52. The number of hydrogen-bond acceptors (Lipinski definition) is 5. The molecular weight excluding hydrogens is 480 g/mol. The number of unbranched alkanes of at least 4 members (excludes halogenated alkanes) is 1. The third kappa shape index (κ3) is 5.42. The van der Waals surface area contributed by atoms with Gasteiger partial charge in [-0.05, 0) is 74.9 Å².